The van der Waals surface area contributed by atoms with Crippen molar-refractivity contribution in [3.05, 3.63) is 65.2 Å². The first-order chi connectivity index (χ1) is 20.3. The Kier molecular flexibility index (Phi) is 11.0. The van der Waals surface area contributed by atoms with Crippen molar-refractivity contribution in [1.82, 2.24) is 0 Å². The van der Waals surface area contributed by atoms with Crippen LogP contribution in [0.2, 0.25) is 0 Å². The van der Waals surface area contributed by atoms with E-state index in [0.717, 1.165) is 36.8 Å². The molecule has 2 aromatic carbocycles. The molecule has 1 saturated heterocycles. The molecule has 0 amide bonds. The number of nitrogens with two attached hydrogens (primary N) is 1. The topological polar surface area (TPSA) is 140 Å². The van der Waals surface area contributed by atoms with Gasteiger partial charge in [-0.3, -0.25) is 4.79 Å². The molecule has 42 heavy (non-hydrogen) atoms. The van der Waals surface area contributed by atoms with E-state index in [1.165, 1.54) is 5.57 Å². The van der Waals surface area contributed by atoms with Crippen LogP contribution in [-0.4, -0.2) is 53.7 Å². The van der Waals surface area contributed by atoms with Crippen molar-refractivity contribution >= 4 is 23.2 Å². The summed E-state index contributed by atoms with van der Waals surface area (Å²) in [5.74, 6) is 3.28. The second-order valence-electron chi connectivity index (χ2n) is 10.7. The van der Waals surface area contributed by atoms with Gasteiger partial charge < -0.3 is 35.5 Å². The molecule has 1 fully saturated rings. The van der Waals surface area contributed by atoms with E-state index in [1.807, 2.05) is 12.1 Å². The number of carbonyl (C=O) groups is 2. The van der Waals surface area contributed by atoms with Gasteiger partial charge in [0.05, 0.1) is 31.2 Å². The molecule has 1 unspecified atom stereocenters. The van der Waals surface area contributed by atoms with Crippen molar-refractivity contribution in [1.29, 1.82) is 0 Å². The molecule has 9 nitrogen and oxygen atoms in total. The van der Waals surface area contributed by atoms with Gasteiger partial charge in [0.1, 0.15) is 18.4 Å². The van der Waals surface area contributed by atoms with Gasteiger partial charge in [-0.25, -0.2) is 4.79 Å². The van der Waals surface area contributed by atoms with E-state index in [9.17, 15) is 19.8 Å². The van der Waals surface area contributed by atoms with Crippen LogP contribution in [0.3, 0.4) is 0 Å². The molecule has 2 aromatic rings. The Morgan fingerprint density at radius 2 is 1.95 bits per heavy atom. The third kappa shape index (κ3) is 8.35. The van der Waals surface area contributed by atoms with Crippen LogP contribution in [0.5, 0.6) is 5.75 Å². The maximum absolute atomic E-state index is 12.1. The standard InChI is InChI=1S/C33H40N2O7/c1-2-6-25(21-31(36)37)27-10-11-30(29(20-27)35-28(32(38)39)9-3-4-16-34)40-22-23-7-5-8-26(19-23)24-12-14-33(15-13-24)41-17-18-42-33/h5,7-8,10-12,19-20,25,28,35H,3-4,9,13-18,21-22,34H2,1H3,(H,36,37)(H,38,39)/t25?,28-/m0/s1. The fourth-order valence-electron chi connectivity index (χ4n) is 5.39. The fourth-order valence-corrected chi connectivity index (χ4v) is 5.39. The zero-order valence-electron chi connectivity index (χ0n) is 24.1. The van der Waals surface area contributed by atoms with E-state index < -0.39 is 29.7 Å². The summed E-state index contributed by atoms with van der Waals surface area (Å²) in [5, 5.41) is 22.4. The highest BCUT2D eigenvalue weighted by Gasteiger charge is 2.37. The molecule has 0 bridgehead atoms. The van der Waals surface area contributed by atoms with Crippen LogP contribution < -0.4 is 15.8 Å². The van der Waals surface area contributed by atoms with Crippen molar-refractivity contribution in [2.45, 2.75) is 76.2 Å². The highest BCUT2D eigenvalue weighted by molar-refractivity contribution is 5.78. The lowest BCUT2D eigenvalue weighted by molar-refractivity contribution is -0.159. The largest absolute Gasteiger partial charge is 0.487 e. The summed E-state index contributed by atoms with van der Waals surface area (Å²) in [6.45, 7) is 3.70. The number of benzene rings is 2. The van der Waals surface area contributed by atoms with Crippen LogP contribution in [0.25, 0.3) is 5.57 Å². The molecule has 5 N–H and O–H groups in total. The van der Waals surface area contributed by atoms with Gasteiger partial charge in [-0.2, -0.15) is 0 Å². The lowest BCUT2D eigenvalue weighted by Gasteiger charge is -2.30. The lowest BCUT2D eigenvalue weighted by atomic mass is 9.89. The van der Waals surface area contributed by atoms with Gasteiger partial charge in [0.2, 0.25) is 0 Å². The highest BCUT2D eigenvalue weighted by atomic mass is 16.7. The molecule has 0 radical (unpaired) electrons. The average molecular weight is 577 g/mol. The number of allylic oxidation sites excluding steroid dienone is 1. The number of hydrogen-bond donors (Lipinski definition) is 4. The molecule has 0 saturated carbocycles. The molecule has 1 heterocycles. The number of hydrogen-bond acceptors (Lipinski definition) is 7. The number of carboxylic acids is 2. The maximum atomic E-state index is 12.1. The highest BCUT2D eigenvalue weighted by Crippen LogP contribution is 2.38. The predicted octanol–water partition coefficient (Wildman–Crippen LogP) is 5.15. The van der Waals surface area contributed by atoms with E-state index >= 15 is 0 Å². The number of anilines is 1. The van der Waals surface area contributed by atoms with Gasteiger partial charge >= 0.3 is 11.9 Å². The molecular formula is C33H40N2O7. The first-order valence-corrected chi connectivity index (χ1v) is 14.5. The van der Waals surface area contributed by atoms with Crippen LogP contribution >= 0.6 is 0 Å². The SMILES string of the molecule is CC#CC(CC(=O)O)c1ccc(OCc2cccc(C3=CCC4(CC3)OCCO4)c2)c(N[C@@H](CCCCN)C(=O)O)c1. The van der Waals surface area contributed by atoms with Crippen LogP contribution in [0, 0.1) is 11.8 Å². The number of rotatable bonds is 14. The zero-order valence-corrected chi connectivity index (χ0v) is 24.1. The first-order valence-electron chi connectivity index (χ1n) is 14.5. The Bertz CT molecular complexity index is 1340. The van der Waals surface area contributed by atoms with Crippen LogP contribution in [0.15, 0.2) is 48.5 Å². The summed E-state index contributed by atoms with van der Waals surface area (Å²) in [6.07, 6.45) is 6.20. The minimum absolute atomic E-state index is 0.165. The Balaban J connectivity index is 1.54. The Hall–Kier alpha value is -3.84. The predicted molar refractivity (Wildman–Crippen MR) is 160 cm³/mol. The van der Waals surface area contributed by atoms with Crippen molar-refractivity contribution in [3.63, 3.8) is 0 Å². The van der Waals surface area contributed by atoms with Crippen LogP contribution in [0.1, 0.15) is 74.5 Å². The third-order valence-corrected chi connectivity index (χ3v) is 7.62. The summed E-state index contributed by atoms with van der Waals surface area (Å²) in [5.41, 5.74) is 10.1. The van der Waals surface area contributed by atoms with Crippen molar-refractivity contribution in [2.75, 3.05) is 25.1 Å². The summed E-state index contributed by atoms with van der Waals surface area (Å²) < 4.78 is 17.9. The quantitative estimate of drug-likeness (QED) is 0.177. The second kappa shape index (κ2) is 14.9. The van der Waals surface area contributed by atoms with Crippen molar-refractivity contribution in [3.8, 4) is 17.6 Å². The van der Waals surface area contributed by atoms with Gasteiger partial charge in [0.15, 0.2) is 5.79 Å². The summed E-state index contributed by atoms with van der Waals surface area (Å²) in [7, 11) is 0. The lowest BCUT2D eigenvalue weighted by Crippen LogP contribution is -2.31. The fraction of sp³-hybridized carbons (Fsp3) is 0.455. The monoisotopic (exact) mass is 576 g/mol. The summed E-state index contributed by atoms with van der Waals surface area (Å²) in [6, 6.07) is 12.6. The zero-order chi connectivity index (χ0) is 30.0. The minimum atomic E-state index is -0.984. The number of carboxylic acid groups (broad SMARTS) is 2. The average Bonchev–Trinajstić information content (AvgIpc) is 3.43. The Labute approximate surface area is 247 Å². The number of aliphatic carboxylic acids is 2. The molecule has 2 atom stereocenters. The first kappa shape index (κ1) is 31.1. The van der Waals surface area contributed by atoms with Gasteiger partial charge in [0.25, 0.3) is 0 Å². The van der Waals surface area contributed by atoms with E-state index in [-0.39, 0.29) is 13.0 Å². The minimum Gasteiger partial charge on any atom is -0.487 e. The number of unbranched alkanes of at least 4 members (excludes halogenated alkanes) is 1. The second-order valence-corrected chi connectivity index (χ2v) is 10.7. The molecule has 1 aliphatic carbocycles. The van der Waals surface area contributed by atoms with Crippen LogP contribution in [-0.2, 0) is 25.7 Å². The summed E-state index contributed by atoms with van der Waals surface area (Å²) >= 11 is 0. The van der Waals surface area contributed by atoms with Gasteiger partial charge in [-0.1, -0.05) is 36.3 Å². The van der Waals surface area contributed by atoms with Gasteiger partial charge in [-0.05, 0) is 79.6 Å². The normalized spacial score (nSPS) is 17.0. The third-order valence-electron chi connectivity index (χ3n) is 7.62. The number of ether oxygens (including phenoxy) is 3. The Morgan fingerprint density at radius 1 is 1.14 bits per heavy atom. The Morgan fingerprint density at radius 3 is 2.62 bits per heavy atom. The van der Waals surface area contributed by atoms with Gasteiger partial charge in [-0.15, -0.1) is 5.92 Å². The van der Waals surface area contributed by atoms with Crippen LogP contribution in [0.4, 0.5) is 5.69 Å². The smallest absolute Gasteiger partial charge is 0.326 e. The van der Waals surface area contributed by atoms with Crippen molar-refractivity contribution in [2.24, 2.45) is 5.73 Å². The maximum Gasteiger partial charge on any atom is 0.326 e. The molecule has 1 spiro atoms. The summed E-state index contributed by atoms with van der Waals surface area (Å²) in [4.78, 5) is 23.5. The molecule has 0 aromatic heterocycles. The molecule has 2 aliphatic rings. The van der Waals surface area contributed by atoms with Gasteiger partial charge in [0, 0.05) is 12.8 Å². The van der Waals surface area contributed by atoms with E-state index in [4.69, 9.17) is 19.9 Å². The van der Waals surface area contributed by atoms with Crippen molar-refractivity contribution < 1.29 is 34.0 Å². The van der Waals surface area contributed by atoms with E-state index in [2.05, 4.69) is 35.4 Å². The van der Waals surface area contributed by atoms with E-state index in [0.29, 0.717) is 49.6 Å². The molecule has 4 rings (SSSR count). The molecule has 224 valence electrons. The number of nitrogens with one attached hydrogen (secondary N) is 1. The van der Waals surface area contributed by atoms with E-state index in [1.54, 1.807) is 25.1 Å². The molecule has 9 heteroatoms. The molecular weight excluding hydrogens is 536 g/mol. The molecule has 1 aliphatic heterocycles.